The molecular formula is C13H14N4O2. The second-order valence-corrected chi connectivity index (χ2v) is 4.14. The molecule has 6 heteroatoms. The van der Waals surface area contributed by atoms with E-state index in [2.05, 4.69) is 10.4 Å². The van der Waals surface area contributed by atoms with Gasteiger partial charge in [0.1, 0.15) is 6.54 Å². The predicted molar refractivity (Wildman–Crippen MR) is 72.7 cm³/mol. The molecule has 0 bridgehead atoms. The van der Waals surface area contributed by atoms with Gasteiger partial charge in [0.25, 0.3) is 5.56 Å². The zero-order valence-electron chi connectivity index (χ0n) is 10.5. The lowest BCUT2D eigenvalue weighted by Crippen LogP contribution is -2.28. The summed E-state index contributed by atoms with van der Waals surface area (Å²) in [5.74, 6) is -0.325. The first-order chi connectivity index (χ1) is 9.06. The van der Waals surface area contributed by atoms with Crippen LogP contribution >= 0.6 is 0 Å². The molecule has 0 aliphatic rings. The van der Waals surface area contributed by atoms with Gasteiger partial charge in [-0.3, -0.25) is 9.59 Å². The van der Waals surface area contributed by atoms with Crippen molar-refractivity contribution in [2.24, 2.45) is 0 Å². The lowest BCUT2D eigenvalue weighted by atomic mass is 10.2. The van der Waals surface area contributed by atoms with Gasteiger partial charge in [0, 0.05) is 23.6 Å². The first-order valence-corrected chi connectivity index (χ1v) is 5.74. The summed E-state index contributed by atoms with van der Waals surface area (Å²) in [5, 5.41) is 6.53. The second-order valence-electron chi connectivity index (χ2n) is 4.14. The number of nitrogens with one attached hydrogen (secondary N) is 1. The smallest absolute Gasteiger partial charge is 0.267 e. The standard InChI is InChI=1S/C13H14N4O2/c1-9-4-5-10(14)7-11(9)16-12(18)8-17-13(19)3-2-6-15-17/h2-7H,8,14H2,1H3,(H,16,18). The summed E-state index contributed by atoms with van der Waals surface area (Å²) >= 11 is 0. The van der Waals surface area contributed by atoms with E-state index in [4.69, 9.17) is 5.73 Å². The largest absolute Gasteiger partial charge is 0.399 e. The Bertz CT molecular complexity index is 664. The number of benzene rings is 1. The van der Waals surface area contributed by atoms with Crippen LogP contribution in [0.25, 0.3) is 0 Å². The van der Waals surface area contributed by atoms with Crippen LogP contribution in [-0.2, 0) is 11.3 Å². The SMILES string of the molecule is Cc1ccc(N)cc1NC(=O)Cn1ncccc1=O. The van der Waals surface area contributed by atoms with Gasteiger partial charge in [-0.2, -0.15) is 5.10 Å². The summed E-state index contributed by atoms with van der Waals surface area (Å²) in [7, 11) is 0. The van der Waals surface area contributed by atoms with E-state index < -0.39 is 0 Å². The summed E-state index contributed by atoms with van der Waals surface area (Å²) in [6.45, 7) is 1.73. The maximum atomic E-state index is 11.8. The van der Waals surface area contributed by atoms with Crippen molar-refractivity contribution < 1.29 is 4.79 Å². The highest BCUT2D eigenvalue weighted by Crippen LogP contribution is 2.17. The molecule has 0 fully saturated rings. The third-order valence-corrected chi connectivity index (χ3v) is 2.61. The van der Waals surface area contributed by atoms with Crippen LogP contribution in [0.15, 0.2) is 41.3 Å². The molecule has 2 rings (SSSR count). The zero-order chi connectivity index (χ0) is 13.8. The number of amides is 1. The highest BCUT2D eigenvalue weighted by molar-refractivity contribution is 5.91. The van der Waals surface area contributed by atoms with Gasteiger partial charge in [-0.15, -0.1) is 0 Å². The van der Waals surface area contributed by atoms with Crippen molar-refractivity contribution in [1.29, 1.82) is 0 Å². The quantitative estimate of drug-likeness (QED) is 0.796. The fourth-order valence-electron chi connectivity index (χ4n) is 1.61. The molecule has 0 aliphatic carbocycles. The number of anilines is 2. The minimum atomic E-state index is -0.325. The molecular weight excluding hydrogens is 244 g/mol. The summed E-state index contributed by atoms with van der Waals surface area (Å²) in [6.07, 6.45) is 1.46. The maximum Gasteiger partial charge on any atom is 0.267 e. The zero-order valence-corrected chi connectivity index (χ0v) is 10.5. The average molecular weight is 258 g/mol. The van der Waals surface area contributed by atoms with Crippen molar-refractivity contribution in [3.8, 4) is 0 Å². The van der Waals surface area contributed by atoms with Crippen LogP contribution in [0.4, 0.5) is 11.4 Å². The van der Waals surface area contributed by atoms with Gasteiger partial charge >= 0.3 is 0 Å². The fourth-order valence-corrected chi connectivity index (χ4v) is 1.61. The Morgan fingerprint density at radius 1 is 1.42 bits per heavy atom. The summed E-state index contributed by atoms with van der Waals surface area (Å²) < 4.78 is 1.09. The van der Waals surface area contributed by atoms with Crippen LogP contribution in [0.3, 0.4) is 0 Å². The molecule has 1 aromatic heterocycles. The van der Waals surface area contributed by atoms with E-state index in [-0.39, 0.29) is 18.0 Å². The van der Waals surface area contributed by atoms with E-state index in [0.29, 0.717) is 11.4 Å². The fraction of sp³-hybridized carbons (Fsp3) is 0.154. The molecule has 6 nitrogen and oxygen atoms in total. The number of hydrogen-bond donors (Lipinski definition) is 2. The molecule has 3 N–H and O–H groups in total. The first-order valence-electron chi connectivity index (χ1n) is 5.74. The summed E-state index contributed by atoms with van der Waals surface area (Å²) in [5.41, 5.74) is 7.44. The number of carbonyl (C=O) groups excluding carboxylic acids is 1. The number of nitrogens with two attached hydrogens (primary N) is 1. The average Bonchev–Trinajstić information content (AvgIpc) is 2.37. The van der Waals surface area contributed by atoms with Crippen LogP contribution in [0, 0.1) is 6.92 Å². The third kappa shape index (κ3) is 3.19. The van der Waals surface area contributed by atoms with Gasteiger partial charge in [-0.05, 0) is 30.7 Å². The van der Waals surface area contributed by atoms with Crippen LogP contribution in [-0.4, -0.2) is 15.7 Å². The van der Waals surface area contributed by atoms with Gasteiger partial charge in [-0.25, -0.2) is 4.68 Å². The normalized spacial score (nSPS) is 10.2. The first kappa shape index (κ1) is 12.8. The van der Waals surface area contributed by atoms with Crippen LogP contribution in [0.2, 0.25) is 0 Å². The van der Waals surface area contributed by atoms with E-state index in [1.165, 1.54) is 18.3 Å². The number of aromatic nitrogens is 2. The molecule has 0 saturated carbocycles. The van der Waals surface area contributed by atoms with Crippen molar-refractivity contribution >= 4 is 17.3 Å². The monoisotopic (exact) mass is 258 g/mol. The number of nitrogens with zero attached hydrogens (tertiary/aromatic N) is 2. The van der Waals surface area contributed by atoms with Crippen LogP contribution in [0.1, 0.15) is 5.56 Å². The lowest BCUT2D eigenvalue weighted by Gasteiger charge is -2.09. The predicted octanol–water partition coefficient (Wildman–Crippen LogP) is 0.773. The van der Waals surface area contributed by atoms with E-state index in [0.717, 1.165) is 10.2 Å². The van der Waals surface area contributed by atoms with Gasteiger partial charge in [0.2, 0.25) is 5.91 Å². The number of rotatable bonds is 3. The van der Waals surface area contributed by atoms with E-state index in [1.807, 2.05) is 13.0 Å². The summed E-state index contributed by atoms with van der Waals surface area (Å²) in [6, 6.07) is 8.13. The molecule has 0 saturated heterocycles. The van der Waals surface area contributed by atoms with Gasteiger partial charge in [-0.1, -0.05) is 6.07 Å². The molecule has 0 aliphatic heterocycles. The van der Waals surface area contributed by atoms with Gasteiger partial charge < -0.3 is 11.1 Å². The Morgan fingerprint density at radius 3 is 2.95 bits per heavy atom. The highest BCUT2D eigenvalue weighted by atomic mass is 16.2. The van der Waals surface area contributed by atoms with Gasteiger partial charge in [0.05, 0.1) is 0 Å². The van der Waals surface area contributed by atoms with Crippen molar-refractivity contribution in [3.63, 3.8) is 0 Å². The molecule has 19 heavy (non-hydrogen) atoms. The number of carbonyl (C=O) groups is 1. The molecule has 0 spiro atoms. The molecule has 1 heterocycles. The van der Waals surface area contributed by atoms with Crippen molar-refractivity contribution in [2.75, 3.05) is 11.1 Å². The van der Waals surface area contributed by atoms with Crippen LogP contribution in [0.5, 0.6) is 0 Å². The molecule has 0 atom stereocenters. The minimum absolute atomic E-state index is 0.131. The Balaban J connectivity index is 2.12. The third-order valence-electron chi connectivity index (χ3n) is 2.61. The molecule has 0 unspecified atom stereocenters. The Labute approximate surface area is 109 Å². The summed E-state index contributed by atoms with van der Waals surface area (Å²) in [4.78, 5) is 23.3. The van der Waals surface area contributed by atoms with E-state index >= 15 is 0 Å². The number of aryl methyl sites for hydroxylation is 1. The Kier molecular flexibility index (Phi) is 3.61. The molecule has 0 radical (unpaired) electrons. The number of nitrogen functional groups attached to an aromatic ring is 1. The Hall–Kier alpha value is -2.63. The van der Waals surface area contributed by atoms with E-state index in [9.17, 15) is 9.59 Å². The van der Waals surface area contributed by atoms with Crippen molar-refractivity contribution in [2.45, 2.75) is 13.5 Å². The molecule has 2 aromatic rings. The van der Waals surface area contributed by atoms with Crippen molar-refractivity contribution in [3.05, 3.63) is 52.4 Å². The molecule has 98 valence electrons. The van der Waals surface area contributed by atoms with Crippen molar-refractivity contribution in [1.82, 2.24) is 9.78 Å². The Morgan fingerprint density at radius 2 is 2.21 bits per heavy atom. The van der Waals surface area contributed by atoms with Gasteiger partial charge in [0.15, 0.2) is 0 Å². The topological polar surface area (TPSA) is 90.0 Å². The lowest BCUT2D eigenvalue weighted by molar-refractivity contribution is -0.117. The minimum Gasteiger partial charge on any atom is -0.399 e. The van der Waals surface area contributed by atoms with Crippen LogP contribution < -0.4 is 16.6 Å². The molecule has 1 amide bonds. The molecule has 1 aromatic carbocycles. The maximum absolute atomic E-state index is 11.8. The highest BCUT2D eigenvalue weighted by Gasteiger charge is 2.07. The number of hydrogen-bond acceptors (Lipinski definition) is 4. The second kappa shape index (κ2) is 5.34. The van der Waals surface area contributed by atoms with E-state index in [1.54, 1.807) is 12.1 Å².